The fraction of sp³-hybridized carbons (Fsp3) is 1.00. The van der Waals surface area contributed by atoms with Gasteiger partial charge in [0.25, 0.3) is 0 Å². The van der Waals surface area contributed by atoms with Crippen molar-refractivity contribution in [3.63, 3.8) is 0 Å². The van der Waals surface area contributed by atoms with E-state index in [1.807, 2.05) is 0 Å². The first kappa shape index (κ1) is 14.3. The Kier molecular flexibility index (Phi) is 4.36. The summed E-state index contributed by atoms with van der Waals surface area (Å²) in [6, 6.07) is 0.667. The Hall–Kier alpha value is 0.270. The molecule has 2 N–H and O–H groups in total. The zero-order valence-corrected chi connectivity index (χ0v) is 12.5. The lowest BCUT2D eigenvalue weighted by atomic mass is 9.74. The fourth-order valence-corrected chi connectivity index (χ4v) is 3.09. The van der Waals surface area contributed by atoms with E-state index >= 15 is 0 Å². The molecule has 3 heteroatoms. The second kappa shape index (κ2) is 4.87. The third-order valence-electron chi connectivity index (χ3n) is 4.36. The maximum absolute atomic E-state index is 6.28. The molecule has 0 spiro atoms. The van der Waals surface area contributed by atoms with E-state index in [4.69, 9.17) is 5.73 Å². The van der Waals surface area contributed by atoms with E-state index in [1.165, 1.54) is 12.3 Å². The summed E-state index contributed by atoms with van der Waals surface area (Å²) < 4.78 is 0. The summed E-state index contributed by atoms with van der Waals surface area (Å²) in [5, 5.41) is 0.741. The maximum atomic E-state index is 6.28. The molecule has 1 saturated heterocycles. The molecule has 0 aliphatic carbocycles. The van der Waals surface area contributed by atoms with Crippen molar-refractivity contribution in [2.45, 2.75) is 58.4 Å². The Morgan fingerprint density at radius 1 is 1.25 bits per heavy atom. The van der Waals surface area contributed by atoms with Crippen molar-refractivity contribution >= 4 is 11.8 Å². The van der Waals surface area contributed by atoms with Gasteiger partial charge in [-0.05, 0) is 26.2 Å². The van der Waals surface area contributed by atoms with Gasteiger partial charge < -0.3 is 5.73 Å². The lowest BCUT2D eigenvalue weighted by Gasteiger charge is -2.46. The fourth-order valence-electron chi connectivity index (χ4n) is 1.93. The molecule has 2 nitrogen and oxygen atoms in total. The third kappa shape index (κ3) is 3.14. The summed E-state index contributed by atoms with van der Waals surface area (Å²) in [6.45, 7) is 15.8. The van der Waals surface area contributed by atoms with Gasteiger partial charge in [0.05, 0.1) is 0 Å². The quantitative estimate of drug-likeness (QED) is 0.827. The van der Waals surface area contributed by atoms with E-state index in [1.54, 1.807) is 0 Å². The van der Waals surface area contributed by atoms with Gasteiger partial charge in [-0.25, -0.2) is 0 Å². The smallest absolute Gasteiger partial charge is 0.0184 e. The molecular formula is C13H28N2S. The monoisotopic (exact) mass is 244 g/mol. The zero-order valence-electron chi connectivity index (χ0n) is 11.7. The highest BCUT2D eigenvalue weighted by Crippen LogP contribution is 2.33. The minimum Gasteiger partial charge on any atom is -0.325 e. The Balaban J connectivity index is 2.66. The molecular weight excluding hydrogens is 216 g/mol. The molecule has 16 heavy (non-hydrogen) atoms. The first-order valence-electron chi connectivity index (χ1n) is 6.30. The molecule has 1 rings (SSSR count). The number of nitrogens with zero attached hydrogens (tertiary/aromatic N) is 1. The summed E-state index contributed by atoms with van der Waals surface area (Å²) in [5.74, 6) is 1.26. The summed E-state index contributed by atoms with van der Waals surface area (Å²) in [5.41, 5.74) is 6.31. The maximum Gasteiger partial charge on any atom is 0.0184 e. The topological polar surface area (TPSA) is 29.3 Å². The molecule has 0 aromatic rings. The highest BCUT2D eigenvalue weighted by molar-refractivity contribution is 8.00. The van der Waals surface area contributed by atoms with E-state index in [9.17, 15) is 0 Å². The Labute approximate surface area is 105 Å². The molecule has 1 aliphatic heterocycles. The predicted molar refractivity (Wildman–Crippen MR) is 75.0 cm³/mol. The largest absolute Gasteiger partial charge is 0.325 e. The van der Waals surface area contributed by atoms with E-state index in [0.29, 0.717) is 6.04 Å². The van der Waals surface area contributed by atoms with Crippen molar-refractivity contribution in [1.82, 2.24) is 4.90 Å². The van der Waals surface area contributed by atoms with Gasteiger partial charge >= 0.3 is 0 Å². The second-order valence-corrected chi connectivity index (χ2v) is 7.88. The van der Waals surface area contributed by atoms with Gasteiger partial charge in [0.15, 0.2) is 0 Å². The van der Waals surface area contributed by atoms with E-state index < -0.39 is 0 Å². The number of thioether (sulfide) groups is 1. The van der Waals surface area contributed by atoms with Crippen molar-refractivity contribution in [2.75, 3.05) is 18.8 Å². The van der Waals surface area contributed by atoms with Crippen LogP contribution in [-0.2, 0) is 0 Å². The molecule has 0 amide bonds. The van der Waals surface area contributed by atoms with Crippen LogP contribution in [0.5, 0.6) is 0 Å². The van der Waals surface area contributed by atoms with Crippen molar-refractivity contribution in [3.05, 3.63) is 0 Å². The molecule has 2 unspecified atom stereocenters. The molecule has 0 aromatic heterocycles. The molecule has 0 bridgehead atoms. The molecule has 1 aliphatic rings. The Bertz CT molecular complexity index is 233. The molecule has 1 heterocycles. The van der Waals surface area contributed by atoms with Gasteiger partial charge in [0.1, 0.15) is 0 Å². The molecule has 2 atom stereocenters. The zero-order chi connectivity index (χ0) is 12.6. The van der Waals surface area contributed by atoms with Gasteiger partial charge in [-0.2, -0.15) is 11.8 Å². The Morgan fingerprint density at radius 2 is 1.81 bits per heavy atom. The van der Waals surface area contributed by atoms with E-state index in [0.717, 1.165) is 11.8 Å². The van der Waals surface area contributed by atoms with Crippen LogP contribution in [0.3, 0.4) is 0 Å². The van der Waals surface area contributed by atoms with Gasteiger partial charge in [0.2, 0.25) is 0 Å². The molecule has 0 radical (unpaired) electrons. The minimum absolute atomic E-state index is 0.124. The average molecular weight is 244 g/mol. The van der Waals surface area contributed by atoms with Crippen molar-refractivity contribution in [3.8, 4) is 0 Å². The number of rotatable bonds is 3. The van der Waals surface area contributed by atoms with Gasteiger partial charge in [-0.15, -0.1) is 0 Å². The van der Waals surface area contributed by atoms with Crippen LogP contribution in [0.2, 0.25) is 0 Å². The number of nitrogens with two attached hydrogens (primary N) is 1. The summed E-state index contributed by atoms with van der Waals surface area (Å²) in [6.07, 6.45) is 0. The lowest BCUT2D eigenvalue weighted by Crippen LogP contribution is -2.56. The first-order valence-corrected chi connectivity index (χ1v) is 7.34. The van der Waals surface area contributed by atoms with E-state index in [-0.39, 0.29) is 11.0 Å². The highest BCUT2D eigenvalue weighted by atomic mass is 32.2. The normalized spacial score (nSPS) is 29.4. The number of hydrogen-bond donors (Lipinski definition) is 1. The van der Waals surface area contributed by atoms with Crippen molar-refractivity contribution < 1.29 is 0 Å². The molecule has 96 valence electrons. The second-order valence-electron chi connectivity index (χ2n) is 6.39. The first-order chi connectivity index (χ1) is 7.15. The lowest BCUT2D eigenvalue weighted by molar-refractivity contribution is 0.0898. The molecule has 0 aromatic carbocycles. The van der Waals surface area contributed by atoms with Gasteiger partial charge in [0, 0.05) is 35.7 Å². The average Bonchev–Trinajstić information content (AvgIpc) is 2.11. The molecule has 0 saturated carbocycles. The van der Waals surface area contributed by atoms with Crippen molar-refractivity contribution in [2.24, 2.45) is 11.1 Å². The minimum atomic E-state index is -0.124. The van der Waals surface area contributed by atoms with Gasteiger partial charge in [-0.1, -0.05) is 20.8 Å². The SMILES string of the molecule is CC1SCCN(CC(C)(C)C(C)(C)N)C1C. The van der Waals surface area contributed by atoms with Crippen LogP contribution in [0.4, 0.5) is 0 Å². The van der Waals surface area contributed by atoms with Crippen LogP contribution in [0, 0.1) is 5.41 Å². The molecule has 1 fully saturated rings. The van der Waals surface area contributed by atoms with Gasteiger partial charge in [-0.3, -0.25) is 4.90 Å². The Morgan fingerprint density at radius 3 is 2.31 bits per heavy atom. The number of hydrogen-bond acceptors (Lipinski definition) is 3. The van der Waals surface area contributed by atoms with Crippen LogP contribution in [0.1, 0.15) is 41.5 Å². The van der Waals surface area contributed by atoms with Crippen LogP contribution in [0.25, 0.3) is 0 Å². The van der Waals surface area contributed by atoms with E-state index in [2.05, 4.69) is 58.2 Å². The summed E-state index contributed by atoms with van der Waals surface area (Å²) >= 11 is 2.09. The standard InChI is InChI=1S/C13H28N2S/c1-10-11(2)16-8-7-15(10)9-12(3,4)13(5,6)14/h10-11H,7-9,14H2,1-6H3. The summed E-state index contributed by atoms with van der Waals surface area (Å²) in [7, 11) is 0. The van der Waals surface area contributed by atoms with Crippen molar-refractivity contribution in [1.29, 1.82) is 0 Å². The van der Waals surface area contributed by atoms with Crippen LogP contribution < -0.4 is 5.73 Å². The highest BCUT2D eigenvalue weighted by Gasteiger charge is 2.37. The van der Waals surface area contributed by atoms with Crippen LogP contribution in [-0.4, -0.2) is 40.6 Å². The van der Waals surface area contributed by atoms with Crippen LogP contribution in [0.15, 0.2) is 0 Å². The predicted octanol–water partition coefficient (Wildman–Crippen LogP) is 2.58. The van der Waals surface area contributed by atoms with Crippen LogP contribution >= 0.6 is 11.8 Å². The third-order valence-corrected chi connectivity index (χ3v) is 5.70. The summed E-state index contributed by atoms with van der Waals surface area (Å²) in [4.78, 5) is 2.61.